The number of carbonyl (C=O) groups is 1. The fourth-order valence-electron chi connectivity index (χ4n) is 4.76. The van der Waals surface area contributed by atoms with Gasteiger partial charge in [-0.25, -0.2) is 24.1 Å². The number of fused-ring (bicyclic) bond motifs is 1. The number of esters is 1. The highest BCUT2D eigenvalue weighted by Crippen LogP contribution is 2.47. The van der Waals surface area contributed by atoms with Gasteiger partial charge in [0.1, 0.15) is 28.9 Å². The van der Waals surface area contributed by atoms with Gasteiger partial charge in [-0.3, -0.25) is 0 Å². The highest BCUT2D eigenvalue weighted by molar-refractivity contribution is 7.15. The lowest BCUT2D eigenvalue weighted by Gasteiger charge is -2.33. The van der Waals surface area contributed by atoms with Crippen molar-refractivity contribution >= 4 is 28.9 Å². The second-order valence-corrected chi connectivity index (χ2v) is 10.1. The Labute approximate surface area is 222 Å². The molecule has 0 saturated heterocycles. The summed E-state index contributed by atoms with van der Waals surface area (Å²) < 4.78 is 17.9. The topological polar surface area (TPSA) is 126 Å². The van der Waals surface area contributed by atoms with Crippen molar-refractivity contribution in [1.29, 1.82) is 0 Å². The number of pyridine rings is 2. The van der Waals surface area contributed by atoms with E-state index < -0.39 is 18.2 Å². The number of nitrogens with zero attached hydrogens (tertiary/aromatic N) is 6. The van der Waals surface area contributed by atoms with Gasteiger partial charge >= 0.3 is 5.97 Å². The molecule has 1 aliphatic rings. The van der Waals surface area contributed by atoms with Crippen molar-refractivity contribution < 1.29 is 13.9 Å². The van der Waals surface area contributed by atoms with E-state index in [4.69, 9.17) is 14.7 Å². The molecule has 1 N–H and O–H groups in total. The molecule has 9 nitrogen and oxygen atoms in total. The number of methoxy groups -OCH3 is 1. The molecular formula is C27H24FN7O2S. The predicted molar refractivity (Wildman–Crippen MR) is 143 cm³/mol. The smallest absolute Gasteiger partial charge is 0.337 e. The number of azide groups is 1. The third-order valence-corrected chi connectivity index (χ3v) is 7.66. The lowest BCUT2D eigenvalue weighted by molar-refractivity contribution is 0.0600. The first kappa shape index (κ1) is 25.3. The number of alkyl halides is 1. The van der Waals surface area contributed by atoms with E-state index in [0.717, 1.165) is 34.4 Å². The van der Waals surface area contributed by atoms with Crippen molar-refractivity contribution in [3.05, 3.63) is 98.1 Å². The van der Waals surface area contributed by atoms with Crippen LogP contribution in [0.15, 0.2) is 60.0 Å². The summed E-state index contributed by atoms with van der Waals surface area (Å²) in [5.74, 6) is 0.661. The molecule has 1 atom stereocenters. The van der Waals surface area contributed by atoms with Crippen LogP contribution in [0.5, 0.6) is 0 Å². The SMILES string of the molecule is COC(=O)c1ccc2c(c1)CCCC2(N=[N+]=[N-])c1ncc(-c2cc(C)cc(Nc3cc(CF)ccn3)n2)s1. The minimum absolute atomic E-state index is 0.411. The monoisotopic (exact) mass is 529 g/mol. The standard InChI is InChI=1S/C27H24FN7O2S/c1-16-10-21(32-24(11-16)33-23-12-17(14-28)7-9-30-23)22-15-31-26(38-22)27(34-35-29)8-3-4-18-13-19(25(36)37-2)5-6-20(18)27/h5-7,9-13,15H,3-4,8,14H2,1-2H3,(H,30,32,33). The first-order valence-corrected chi connectivity index (χ1v) is 12.8. The lowest BCUT2D eigenvalue weighted by Crippen LogP contribution is -2.30. The minimum atomic E-state index is -0.985. The Balaban J connectivity index is 1.52. The summed E-state index contributed by atoms with van der Waals surface area (Å²) in [5.41, 5.74) is 13.0. The number of halogens is 1. The summed E-state index contributed by atoms with van der Waals surface area (Å²) in [6.45, 7) is 1.38. The third-order valence-electron chi connectivity index (χ3n) is 6.49. The van der Waals surface area contributed by atoms with Crippen LogP contribution in [0, 0.1) is 6.92 Å². The van der Waals surface area contributed by atoms with Gasteiger partial charge in [0.15, 0.2) is 0 Å². The first-order chi connectivity index (χ1) is 18.5. The maximum Gasteiger partial charge on any atom is 0.337 e. The van der Waals surface area contributed by atoms with Crippen molar-refractivity contribution in [3.63, 3.8) is 0 Å². The normalized spacial score (nSPS) is 16.3. The van der Waals surface area contributed by atoms with Gasteiger partial charge in [0.05, 0.1) is 23.2 Å². The van der Waals surface area contributed by atoms with Crippen LogP contribution in [-0.2, 0) is 23.4 Å². The largest absolute Gasteiger partial charge is 0.465 e. The van der Waals surface area contributed by atoms with E-state index >= 15 is 0 Å². The van der Waals surface area contributed by atoms with Crippen molar-refractivity contribution in [2.45, 2.75) is 38.4 Å². The van der Waals surface area contributed by atoms with Gasteiger partial charge in [0.2, 0.25) is 0 Å². The quantitative estimate of drug-likeness (QED) is 0.121. The molecule has 0 saturated carbocycles. The molecular weight excluding hydrogens is 505 g/mol. The van der Waals surface area contributed by atoms with Crippen LogP contribution in [0.25, 0.3) is 21.0 Å². The van der Waals surface area contributed by atoms with Crippen LogP contribution in [0.1, 0.15) is 50.5 Å². The molecule has 3 aromatic heterocycles. The van der Waals surface area contributed by atoms with Gasteiger partial charge in [0, 0.05) is 17.3 Å². The van der Waals surface area contributed by atoms with Crippen LogP contribution in [0.2, 0.25) is 0 Å². The number of thiazole rings is 1. The number of hydrogen-bond acceptors (Lipinski definition) is 8. The number of hydrogen-bond donors (Lipinski definition) is 1. The Bertz CT molecular complexity index is 1570. The van der Waals surface area contributed by atoms with Crippen molar-refractivity contribution in [2.75, 3.05) is 12.4 Å². The number of ether oxygens (including phenoxy) is 1. The van der Waals surface area contributed by atoms with E-state index in [-0.39, 0.29) is 0 Å². The second-order valence-electron chi connectivity index (χ2n) is 9.02. The van der Waals surface area contributed by atoms with Crippen molar-refractivity contribution in [3.8, 4) is 10.6 Å². The van der Waals surface area contributed by atoms with Gasteiger partial charge in [-0.05, 0) is 90.4 Å². The molecule has 0 bridgehead atoms. The molecule has 4 aromatic rings. The molecule has 1 unspecified atom stereocenters. The fourth-order valence-corrected chi connectivity index (χ4v) is 5.81. The molecule has 0 aliphatic heterocycles. The van der Waals surface area contributed by atoms with E-state index in [1.54, 1.807) is 30.6 Å². The summed E-state index contributed by atoms with van der Waals surface area (Å²) in [5, 5.41) is 8.09. The highest BCUT2D eigenvalue weighted by Gasteiger charge is 2.40. The molecule has 0 radical (unpaired) electrons. The first-order valence-electron chi connectivity index (χ1n) is 12.0. The van der Waals surface area contributed by atoms with E-state index in [2.05, 4.69) is 20.3 Å². The number of anilines is 2. The summed E-state index contributed by atoms with van der Waals surface area (Å²) >= 11 is 1.42. The van der Waals surface area contributed by atoms with E-state index in [0.29, 0.717) is 39.9 Å². The average molecular weight is 530 g/mol. The summed E-state index contributed by atoms with van der Waals surface area (Å²) in [4.78, 5) is 29.8. The Morgan fingerprint density at radius 2 is 2.11 bits per heavy atom. The Hall–Kier alpha value is -4.34. The second kappa shape index (κ2) is 10.6. The molecule has 1 aliphatic carbocycles. The summed E-state index contributed by atoms with van der Waals surface area (Å²) in [6.07, 6.45) is 5.41. The maximum absolute atomic E-state index is 13.1. The average Bonchev–Trinajstić information content (AvgIpc) is 3.43. The summed E-state index contributed by atoms with van der Waals surface area (Å²) in [7, 11) is 1.35. The minimum Gasteiger partial charge on any atom is -0.465 e. The number of carbonyl (C=O) groups excluding carboxylic acids is 1. The van der Waals surface area contributed by atoms with Gasteiger partial charge < -0.3 is 10.1 Å². The Kier molecular flexibility index (Phi) is 7.04. The highest BCUT2D eigenvalue weighted by atomic mass is 32.1. The van der Waals surface area contributed by atoms with E-state index in [9.17, 15) is 14.7 Å². The van der Waals surface area contributed by atoms with Crippen LogP contribution >= 0.6 is 11.3 Å². The van der Waals surface area contributed by atoms with Gasteiger partial charge in [-0.1, -0.05) is 11.2 Å². The van der Waals surface area contributed by atoms with Crippen LogP contribution in [0.4, 0.5) is 16.0 Å². The van der Waals surface area contributed by atoms with E-state index in [1.165, 1.54) is 18.4 Å². The molecule has 11 heteroatoms. The molecule has 38 heavy (non-hydrogen) atoms. The molecule has 5 rings (SSSR count). The fraction of sp³-hybridized carbons (Fsp3) is 0.259. The zero-order valence-electron chi connectivity index (χ0n) is 20.8. The predicted octanol–water partition coefficient (Wildman–Crippen LogP) is 6.80. The Morgan fingerprint density at radius 3 is 2.89 bits per heavy atom. The van der Waals surface area contributed by atoms with Crippen LogP contribution < -0.4 is 5.32 Å². The zero-order valence-corrected chi connectivity index (χ0v) is 21.6. The Morgan fingerprint density at radius 1 is 1.24 bits per heavy atom. The maximum atomic E-state index is 13.1. The zero-order chi connectivity index (χ0) is 26.7. The summed E-state index contributed by atoms with van der Waals surface area (Å²) in [6, 6.07) is 12.4. The number of nitrogens with one attached hydrogen (secondary N) is 1. The van der Waals surface area contributed by atoms with Gasteiger partial charge in [0.25, 0.3) is 0 Å². The third kappa shape index (κ3) is 4.81. The van der Waals surface area contributed by atoms with Crippen LogP contribution in [0.3, 0.4) is 0 Å². The number of aryl methyl sites for hydroxylation is 2. The molecule has 1 aromatic carbocycles. The van der Waals surface area contributed by atoms with Crippen molar-refractivity contribution in [1.82, 2.24) is 15.0 Å². The molecule has 192 valence electrons. The molecule has 3 heterocycles. The lowest BCUT2D eigenvalue weighted by atomic mass is 9.77. The number of benzene rings is 1. The van der Waals surface area contributed by atoms with Crippen LogP contribution in [-0.4, -0.2) is 28.0 Å². The number of rotatable bonds is 7. The molecule has 0 amide bonds. The van der Waals surface area contributed by atoms with Gasteiger partial charge in [-0.15, -0.1) is 11.3 Å². The molecule has 0 fully saturated rings. The van der Waals surface area contributed by atoms with Gasteiger partial charge in [-0.2, -0.15) is 0 Å². The van der Waals surface area contributed by atoms with Crippen molar-refractivity contribution in [2.24, 2.45) is 5.11 Å². The van der Waals surface area contributed by atoms with E-state index in [1.807, 2.05) is 31.2 Å². The number of aromatic nitrogens is 3. The molecule has 0 spiro atoms.